The number of fused-ring (bicyclic) bond motifs is 2. The Morgan fingerprint density at radius 3 is 1.68 bits per heavy atom. The fourth-order valence-corrected chi connectivity index (χ4v) is 4.29. The van der Waals surface area contributed by atoms with E-state index in [2.05, 4.69) is 36.4 Å². The van der Waals surface area contributed by atoms with Crippen LogP contribution in [-0.2, 0) is 0 Å². The van der Waals surface area contributed by atoms with E-state index in [1.165, 1.54) is 12.1 Å². The Morgan fingerprint density at radius 2 is 1.08 bits per heavy atom. The predicted octanol–water partition coefficient (Wildman–Crippen LogP) is 6.66. The second kappa shape index (κ2) is 8.67. The standard InChI is InChI=1S/C29H17FN6O2/c1-16-5-7-24-19(9-16)11-21(14-31-24)28-35-33-26(37-28)17-3-2-4-18(10-17)27-34-36-29(38-27)22-12-20-13-23(30)6-8-25(20)32-15-22/h2-15H,1H3. The fourth-order valence-electron chi connectivity index (χ4n) is 4.29. The van der Waals surface area contributed by atoms with Gasteiger partial charge in [-0.3, -0.25) is 9.97 Å². The summed E-state index contributed by atoms with van der Waals surface area (Å²) in [5, 5.41) is 18.5. The SMILES string of the molecule is Cc1ccc2ncc(-c3nnc(-c4cccc(-c5nnc(-c6cnc7ccc(F)cc7c6)o5)c4)o3)cc2c1. The van der Waals surface area contributed by atoms with E-state index in [0.717, 1.165) is 22.0 Å². The summed E-state index contributed by atoms with van der Waals surface area (Å²) in [5.74, 6) is 0.988. The maximum Gasteiger partial charge on any atom is 0.249 e. The molecule has 0 fully saturated rings. The van der Waals surface area contributed by atoms with Crippen molar-refractivity contribution in [2.75, 3.05) is 0 Å². The van der Waals surface area contributed by atoms with Gasteiger partial charge in [0.25, 0.3) is 0 Å². The molecule has 0 amide bonds. The zero-order valence-corrected chi connectivity index (χ0v) is 20.0. The van der Waals surface area contributed by atoms with Crippen molar-refractivity contribution in [3.05, 3.63) is 96.6 Å². The van der Waals surface area contributed by atoms with Crippen LogP contribution in [0.1, 0.15) is 5.56 Å². The molecule has 4 heterocycles. The third-order valence-electron chi connectivity index (χ3n) is 6.18. The van der Waals surface area contributed by atoms with E-state index in [9.17, 15) is 4.39 Å². The molecule has 182 valence electrons. The molecule has 0 atom stereocenters. The predicted molar refractivity (Wildman–Crippen MR) is 139 cm³/mol. The Morgan fingerprint density at radius 1 is 0.553 bits per heavy atom. The average molecular weight is 500 g/mol. The van der Waals surface area contributed by atoms with Gasteiger partial charge >= 0.3 is 0 Å². The van der Waals surface area contributed by atoms with E-state index < -0.39 is 0 Å². The molecule has 0 aliphatic carbocycles. The molecule has 0 saturated carbocycles. The summed E-state index contributed by atoms with van der Waals surface area (Å²) in [4.78, 5) is 8.86. The molecular weight excluding hydrogens is 483 g/mol. The summed E-state index contributed by atoms with van der Waals surface area (Å²) in [6.07, 6.45) is 3.35. The van der Waals surface area contributed by atoms with Crippen molar-refractivity contribution >= 4 is 21.8 Å². The van der Waals surface area contributed by atoms with Crippen LogP contribution in [0.25, 0.3) is 67.6 Å². The Kier molecular flexibility index (Phi) is 5.00. The molecule has 4 aromatic heterocycles. The van der Waals surface area contributed by atoms with Crippen molar-refractivity contribution in [1.29, 1.82) is 0 Å². The molecule has 38 heavy (non-hydrogen) atoms. The number of aryl methyl sites for hydroxylation is 1. The van der Waals surface area contributed by atoms with E-state index >= 15 is 0 Å². The van der Waals surface area contributed by atoms with Crippen molar-refractivity contribution in [2.45, 2.75) is 6.92 Å². The lowest BCUT2D eigenvalue weighted by atomic mass is 10.1. The van der Waals surface area contributed by atoms with Crippen LogP contribution >= 0.6 is 0 Å². The Hall–Kier alpha value is -5.31. The number of benzene rings is 3. The van der Waals surface area contributed by atoms with E-state index in [-0.39, 0.29) is 11.7 Å². The summed E-state index contributed by atoms with van der Waals surface area (Å²) in [6.45, 7) is 2.04. The molecule has 0 saturated heterocycles. The maximum absolute atomic E-state index is 13.6. The first-order valence-electron chi connectivity index (χ1n) is 11.8. The van der Waals surface area contributed by atoms with Gasteiger partial charge in [-0.25, -0.2) is 4.39 Å². The number of pyridine rings is 2. The third-order valence-corrected chi connectivity index (χ3v) is 6.18. The fraction of sp³-hybridized carbons (Fsp3) is 0.0345. The van der Waals surface area contributed by atoms with Crippen molar-refractivity contribution in [2.24, 2.45) is 0 Å². The van der Waals surface area contributed by atoms with Crippen LogP contribution in [0.4, 0.5) is 4.39 Å². The molecule has 0 N–H and O–H groups in total. The Balaban J connectivity index is 1.19. The largest absolute Gasteiger partial charge is 0.416 e. The first-order valence-corrected chi connectivity index (χ1v) is 11.8. The van der Waals surface area contributed by atoms with Gasteiger partial charge in [-0.05, 0) is 67.6 Å². The van der Waals surface area contributed by atoms with Crippen molar-refractivity contribution < 1.29 is 13.2 Å². The Bertz CT molecular complexity index is 1840. The van der Waals surface area contributed by atoms with Gasteiger partial charge in [-0.15, -0.1) is 20.4 Å². The Labute approximate surface area is 214 Å². The zero-order chi connectivity index (χ0) is 25.6. The maximum atomic E-state index is 13.6. The van der Waals surface area contributed by atoms with Crippen LogP contribution in [0.3, 0.4) is 0 Å². The van der Waals surface area contributed by atoms with E-state index in [1.54, 1.807) is 24.5 Å². The number of rotatable bonds is 4. The lowest BCUT2D eigenvalue weighted by molar-refractivity contribution is 0.582. The second-order valence-corrected chi connectivity index (χ2v) is 8.89. The molecule has 0 bridgehead atoms. The molecule has 0 radical (unpaired) electrons. The van der Waals surface area contributed by atoms with Crippen molar-refractivity contribution in [1.82, 2.24) is 30.4 Å². The highest BCUT2D eigenvalue weighted by Crippen LogP contribution is 2.30. The van der Waals surface area contributed by atoms with E-state index in [4.69, 9.17) is 8.83 Å². The zero-order valence-electron chi connectivity index (χ0n) is 20.0. The summed E-state index contributed by atoms with van der Waals surface area (Å²) >= 11 is 0. The smallest absolute Gasteiger partial charge is 0.249 e. The van der Waals surface area contributed by atoms with Crippen molar-refractivity contribution in [3.63, 3.8) is 0 Å². The normalized spacial score (nSPS) is 11.4. The van der Waals surface area contributed by atoms with Crippen molar-refractivity contribution in [3.8, 4) is 45.8 Å². The summed E-state index contributed by atoms with van der Waals surface area (Å²) in [5.41, 5.74) is 5.45. The molecule has 0 aliphatic rings. The molecule has 7 rings (SSSR count). The molecule has 3 aromatic carbocycles. The summed E-state index contributed by atoms with van der Waals surface area (Å²) < 4.78 is 25.6. The molecule has 7 aromatic rings. The average Bonchev–Trinajstić information content (AvgIpc) is 3.63. The van der Waals surface area contributed by atoms with Gasteiger partial charge < -0.3 is 8.83 Å². The highest BCUT2D eigenvalue weighted by atomic mass is 19.1. The lowest BCUT2D eigenvalue weighted by Gasteiger charge is -2.01. The second-order valence-electron chi connectivity index (χ2n) is 8.89. The number of aromatic nitrogens is 6. The number of hydrogen-bond donors (Lipinski definition) is 0. The summed E-state index contributed by atoms with van der Waals surface area (Å²) in [6, 6.07) is 21.6. The minimum absolute atomic E-state index is 0.281. The monoisotopic (exact) mass is 500 g/mol. The van der Waals surface area contributed by atoms with E-state index in [1.807, 2.05) is 49.4 Å². The van der Waals surface area contributed by atoms with Gasteiger partial charge in [0.2, 0.25) is 23.6 Å². The van der Waals surface area contributed by atoms with Gasteiger partial charge in [-0.2, -0.15) is 0 Å². The number of halogens is 1. The highest BCUT2D eigenvalue weighted by molar-refractivity contribution is 5.83. The number of nitrogens with zero attached hydrogens (tertiary/aromatic N) is 6. The first-order chi connectivity index (χ1) is 18.6. The van der Waals surface area contributed by atoms with Gasteiger partial charge in [0.1, 0.15) is 5.82 Å². The van der Waals surface area contributed by atoms with Crippen LogP contribution < -0.4 is 0 Å². The van der Waals surface area contributed by atoms with Gasteiger partial charge in [-0.1, -0.05) is 17.7 Å². The third kappa shape index (κ3) is 3.96. The van der Waals surface area contributed by atoms with Crippen LogP contribution in [0.15, 0.2) is 94.0 Å². The molecule has 0 unspecified atom stereocenters. The van der Waals surface area contributed by atoms with E-state index in [0.29, 0.717) is 45.3 Å². The minimum atomic E-state index is -0.337. The molecule has 0 spiro atoms. The molecule has 8 nitrogen and oxygen atoms in total. The number of hydrogen-bond acceptors (Lipinski definition) is 8. The molecular formula is C29H17FN6O2. The topological polar surface area (TPSA) is 104 Å². The van der Waals surface area contributed by atoms with Gasteiger partial charge in [0, 0.05) is 34.3 Å². The van der Waals surface area contributed by atoms with Crippen LogP contribution in [-0.4, -0.2) is 30.4 Å². The van der Waals surface area contributed by atoms with Crippen LogP contribution in [0.2, 0.25) is 0 Å². The van der Waals surface area contributed by atoms with Crippen LogP contribution in [0.5, 0.6) is 0 Å². The van der Waals surface area contributed by atoms with Gasteiger partial charge in [0.15, 0.2) is 0 Å². The first kappa shape index (κ1) is 21.9. The summed E-state index contributed by atoms with van der Waals surface area (Å²) in [7, 11) is 0. The minimum Gasteiger partial charge on any atom is -0.416 e. The lowest BCUT2D eigenvalue weighted by Crippen LogP contribution is -1.84. The van der Waals surface area contributed by atoms with Crippen LogP contribution in [0, 0.1) is 12.7 Å². The molecule has 0 aliphatic heterocycles. The quantitative estimate of drug-likeness (QED) is 0.264. The molecule has 9 heteroatoms. The van der Waals surface area contributed by atoms with Gasteiger partial charge in [0.05, 0.1) is 22.2 Å². The highest BCUT2D eigenvalue weighted by Gasteiger charge is 2.16.